The van der Waals surface area contributed by atoms with Gasteiger partial charge in [-0.05, 0) is 42.8 Å². The van der Waals surface area contributed by atoms with Crippen molar-refractivity contribution < 1.29 is 23.8 Å². The van der Waals surface area contributed by atoms with E-state index in [1.54, 1.807) is 36.4 Å². The van der Waals surface area contributed by atoms with Gasteiger partial charge in [-0.15, -0.1) is 0 Å². The number of amides is 1. The summed E-state index contributed by atoms with van der Waals surface area (Å²) in [6.45, 7) is 1.91. The quantitative estimate of drug-likeness (QED) is 0.244. The van der Waals surface area contributed by atoms with E-state index < -0.39 is 23.5 Å². The Morgan fingerprint density at radius 2 is 1.85 bits per heavy atom. The third kappa shape index (κ3) is 3.62. The Bertz CT molecular complexity index is 1480. The first-order valence-electron chi connectivity index (χ1n) is 10.5. The summed E-state index contributed by atoms with van der Waals surface area (Å²) in [7, 11) is 1.52. The van der Waals surface area contributed by atoms with Crippen LogP contribution in [0.1, 0.15) is 22.7 Å². The lowest BCUT2D eigenvalue weighted by Gasteiger charge is -2.23. The number of ether oxygens (including phenoxy) is 1. The lowest BCUT2D eigenvalue weighted by molar-refractivity contribution is -0.132. The SMILES string of the molecule is COc1cccc(C2/C(=C(\O)c3ccc(C)cc3)C(=O)C(=O)N2c2nc3ccc(F)cc3s2)c1. The Balaban J connectivity index is 1.74. The number of benzene rings is 3. The number of aliphatic hydroxyl groups is 1. The Morgan fingerprint density at radius 1 is 1.09 bits per heavy atom. The maximum absolute atomic E-state index is 13.8. The van der Waals surface area contributed by atoms with Gasteiger partial charge in [0.2, 0.25) is 0 Å². The van der Waals surface area contributed by atoms with E-state index in [1.807, 2.05) is 19.1 Å². The third-order valence-corrected chi connectivity index (χ3v) is 6.74. The van der Waals surface area contributed by atoms with Crippen molar-refractivity contribution in [2.75, 3.05) is 12.0 Å². The fourth-order valence-corrected chi connectivity index (χ4v) is 5.03. The van der Waals surface area contributed by atoms with Gasteiger partial charge in [-0.3, -0.25) is 14.5 Å². The molecule has 6 nitrogen and oxygen atoms in total. The monoisotopic (exact) mass is 474 g/mol. The number of carbonyl (C=O) groups excluding carboxylic acids is 2. The first kappa shape index (κ1) is 21.8. The molecule has 4 aromatic rings. The molecule has 0 saturated carbocycles. The number of aromatic nitrogens is 1. The summed E-state index contributed by atoms with van der Waals surface area (Å²) in [4.78, 5) is 32.3. The van der Waals surface area contributed by atoms with E-state index in [-0.39, 0.29) is 16.5 Å². The van der Waals surface area contributed by atoms with Gasteiger partial charge in [-0.25, -0.2) is 9.37 Å². The van der Waals surface area contributed by atoms with E-state index in [0.29, 0.717) is 27.1 Å². The molecule has 1 unspecified atom stereocenters. The fourth-order valence-electron chi connectivity index (χ4n) is 4.01. The zero-order chi connectivity index (χ0) is 24.0. The number of halogens is 1. The molecular formula is C26H19FN2O4S. The average molecular weight is 475 g/mol. The standard InChI is InChI=1S/C26H19FN2O4S/c1-14-6-8-15(9-7-14)23(30)21-22(16-4-3-5-18(12-16)33-2)29(25(32)24(21)31)26-28-19-11-10-17(27)13-20(19)34-26/h3-13,22,30H,1-2H3/b23-21+. The van der Waals surface area contributed by atoms with E-state index in [2.05, 4.69) is 4.98 Å². The van der Waals surface area contributed by atoms with Crippen LogP contribution < -0.4 is 9.64 Å². The summed E-state index contributed by atoms with van der Waals surface area (Å²) < 4.78 is 19.6. The molecule has 0 bridgehead atoms. The smallest absolute Gasteiger partial charge is 0.301 e. The molecule has 1 amide bonds. The second-order valence-corrected chi connectivity index (χ2v) is 8.93. The van der Waals surface area contributed by atoms with Crippen molar-refractivity contribution >= 4 is 44.1 Å². The maximum atomic E-state index is 13.8. The van der Waals surface area contributed by atoms with Crippen LogP contribution >= 0.6 is 11.3 Å². The van der Waals surface area contributed by atoms with Crippen LogP contribution in [-0.4, -0.2) is 28.9 Å². The summed E-state index contributed by atoms with van der Waals surface area (Å²) in [5.74, 6) is -1.81. The van der Waals surface area contributed by atoms with Crippen molar-refractivity contribution in [3.05, 3.63) is 94.8 Å². The molecule has 1 saturated heterocycles. The molecule has 0 radical (unpaired) electrons. The van der Waals surface area contributed by atoms with Gasteiger partial charge >= 0.3 is 5.91 Å². The fraction of sp³-hybridized carbons (Fsp3) is 0.115. The van der Waals surface area contributed by atoms with Crippen LogP contribution in [0.3, 0.4) is 0 Å². The van der Waals surface area contributed by atoms with Crippen LogP contribution in [0.4, 0.5) is 9.52 Å². The molecule has 1 atom stereocenters. The zero-order valence-corrected chi connectivity index (χ0v) is 19.1. The van der Waals surface area contributed by atoms with Crippen molar-refractivity contribution in [1.82, 2.24) is 4.98 Å². The molecule has 2 heterocycles. The number of anilines is 1. The molecule has 1 fully saturated rings. The van der Waals surface area contributed by atoms with Crippen molar-refractivity contribution in [3.8, 4) is 5.75 Å². The number of ketones is 1. The summed E-state index contributed by atoms with van der Waals surface area (Å²) in [6.07, 6.45) is 0. The minimum Gasteiger partial charge on any atom is -0.507 e. The van der Waals surface area contributed by atoms with Crippen molar-refractivity contribution in [3.63, 3.8) is 0 Å². The molecular weight excluding hydrogens is 455 g/mol. The van der Waals surface area contributed by atoms with E-state index in [9.17, 15) is 19.1 Å². The first-order chi connectivity index (χ1) is 16.4. The van der Waals surface area contributed by atoms with Crippen molar-refractivity contribution in [2.24, 2.45) is 0 Å². The predicted molar refractivity (Wildman–Crippen MR) is 129 cm³/mol. The van der Waals surface area contributed by atoms with Gasteiger partial charge in [0.1, 0.15) is 17.3 Å². The number of thiazole rings is 1. The highest BCUT2D eigenvalue weighted by molar-refractivity contribution is 7.22. The largest absolute Gasteiger partial charge is 0.507 e. The Hall–Kier alpha value is -4.04. The third-order valence-electron chi connectivity index (χ3n) is 5.72. The van der Waals surface area contributed by atoms with Crippen LogP contribution in [-0.2, 0) is 9.59 Å². The molecule has 0 aliphatic carbocycles. The summed E-state index contributed by atoms with van der Waals surface area (Å²) in [6, 6.07) is 17.2. The van der Waals surface area contributed by atoms with Gasteiger partial charge in [0.25, 0.3) is 5.78 Å². The van der Waals surface area contributed by atoms with E-state index in [4.69, 9.17) is 4.74 Å². The lowest BCUT2D eigenvalue weighted by Crippen LogP contribution is -2.29. The lowest BCUT2D eigenvalue weighted by atomic mass is 9.95. The van der Waals surface area contributed by atoms with E-state index in [0.717, 1.165) is 16.9 Å². The summed E-state index contributed by atoms with van der Waals surface area (Å²) >= 11 is 1.10. The molecule has 0 spiro atoms. The second kappa shape index (κ2) is 8.39. The highest BCUT2D eigenvalue weighted by Gasteiger charge is 2.48. The highest BCUT2D eigenvalue weighted by atomic mass is 32.1. The molecule has 8 heteroatoms. The van der Waals surface area contributed by atoms with E-state index >= 15 is 0 Å². The summed E-state index contributed by atoms with van der Waals surface area (Å²) in [5.41, 5.74) is 2.43. The normalized spacial score (nSPS) is 17.5. The van der Waals surface area contributed by atoms with E-state index in [1.165, 1.54) is 30.2 Å². The minimum absolute atomic E-state index is 0.0486. The van der Waals surface area contributed by atoms with Crippen LogP contribution in [0.5, 0.6) is 5.75 Å². The molecule has 1 aromatic heterocycles. The Kier molecular flexibility index (Phi) is 5.37. The van der Waals surface area contributed by atoms with Gasteiger partial charge in [0.05, 0.1) is 28.9 Å². The van der Waals surface area contributed by atoms with Crippen molar-refractivity contribution in [2.45, 2.75) is 13.0 Å². The van der Waals surface area contributed by atoms with Gasteiger partial charge in [-0.1, -0.05) is 53.3 Å². The highest BCUT2D eigenvalue weighted by Crippen LogP contribution is 2.44. The Labute approximate surface area is 198 Å². The number of hydrogen-bond donors (Lipinski definition) is 1. The van der Waals surface area contributed by atoms with Crippen molar-refractivity contribution in [1.29, 1.82) is 0 Å². The number of rotatable bonds is 4. The number of nitrogens with zero attached hydrogens (tertiary/aromatic N) is 2. The molecule has 170 valence electrons. The van der Waals surface area contributed by atoms with Crippen LogP contribution in [0, 0.1) is 12.7 Å². The number of methoxy groups -OCH3 is 1. The topological polar surface area (TPSA) is 79.7 Å². The number of fused-ring (bicyclic) bond motifs is 1. The molecule has 1 N–H and O–H groups in total. The number of hydrogen-bond acceptors (Lipinski definition) is 6. The average Bonchev–Trinajstić information content (AvgIpc) is 3.37. The maximum Gasteiger partial charge on any atom is 0.301 e. The molecule has 34 heavy (non-hydrogen) atoms. The number of aliphatic hydroxyl groups excluding tert-OH is 1. The first-order valence-corrected chi connectivity index (χ1v) is 11.3. The predicted octanol–water partition coefficient (Wildman–Crippen LogP) is 5.38. The zero-order valence-electron chi connectivity index (χ0n) is 18.3. The number of aryl methyl sites for hydroxylation is 1. The Morgan fingerprint density at radius 3 is 2.59 bits per heavy atom. The second-order valence-electron chi connectivity index (χ2n) is 7.92. The molecule has 5 rings (SSSR count). The van der Waals surface area contributed by atoms with Crippen LogP contribution in [0.15, 0.2) is 72.3 Å². The minimum atomic E-state index is -0.943. The molecule has 1 aliphatic rings. The summed E-state index contributed by atoms with van der Waals surface area (Å²) in [5, 5.41) is 11.4. The van der Waals surface area contributed by atoms with Crippen LogP contribution in [0.2, 0.25) is 0 Å². The molecule has 3 aromatic carbocycles. The molecule has 1 aliphatic heterocycles. The van der Waals surface area contributed by atoms with Gasteiger partial charge in [0, 0.05) is 5.56 Å². The number of carbonyl (C=O) groups is 2. The van der Waals surface area contributed by atoms with Gasteiger partial charge in [-0.2, -0.15) is 0 Å². The van der Waals surface area contributed by atoms with Gasteiger partial charge < -0.3 is 9.84 Å². The van der Waals surface area contributed by atoms with Gasteiger partial charge in [0.15, 0.2) is 5.13 Å². The number of Topliss-reactive ketones (excluding diaryl/α,β-unsaturated/α-hetero) is 1. The van der Waals surface area contributed by atoms with Crippen LogP contribution in [0.25, 0.3) is 16.0 Å².